The maximum Gasteiger partial charge on any atom is 0.229 e. The molecule has 3 aromatic rings. The van der Waals surface area contributed by atoms with Crippen LogP contribution < -0.4 is 15.5 Å². The van der Waals surface area contributed by atoms with Crippen molar-refractivity contribution in [2.75, 3.05) is 42.7 Å². The molecule has 1 saturated heterocycles. The SMILES string of the molecule is Cc1nc(N2CCC(N(C)C)CC2)ccc1Nc1ncc(Cl)c(Nc2ccccc2S(=O)(=O)C(C)C)n1. The highest BCUT2D eigenvalue weighted by atomic mass is 35.5. The Bertz CT molecular complexity index is 1360. The quantitative estimate of drug-likeness (QED) is 0.404. The van der Waals surface area contributed by atoms with Gasteiger partial charge in [0.2, 0.25) is 5.95 Å². The number of halogens is 1. The first kappa shape index (κ1) is 27.1. The van der Waals surface area contributed by atoms with Crippen molar-refractivity contribution in [3.63, 3.8) is 0 Å². The monoisotopic (exact) mass is 543 g/mol. The molecule has 9 nitrogen and oxygen atoms in total. The summed E-state index contributed by atoms with van der Waals surface area (Å²) in [4.78, 5) is 18.4. The number of hydrogen-bond donors (Lipinski definition) is 2. The Hall–Kier alpha value is -2.95. The largest absolute Gasteiger partial charge is 0.356 e. The molecule has 2 N–H and O–H groups in total. The smallest absolute Gasteiger partial charge is 0.229 e. The molecule has 0 amide bonds. The molecule has 11 heteroatoms. The summed E-state index contributed by atoms with van der Waals surface area (Å²) in [7, 11) is 0.763. The van der Waals surface area contributed by atoms with Crippen LogP contribution in [0.5, 0.6) is 0 Å². The highest BCUT2D eigenvalue weighted by Crippen LogP contribution is 2.31. The molecule has 0 bridgehead atoms. The van der Waals surface area contributed by atoms with Crippen molar-refractivity contribution in [1.82, 2.24) is 19.9 Å². The van der Waals surface area contributed by atoms with Crippen LogP contribution in [0.2, 0.25) is 5.02 Å². The average molecular weight is 544 g/mol. The number of nitrogens with one attached hydrogen (secondary N) is 2. The minimum Gasteiger partial charge on any atom is -0.356 e. The number of anilines is 5. The summed E-state index contributed by atoms with van der Waals surface area (Å²) < 4.78 is 25.7. The lowest BCUT2D eigenvalue weighted by molar-refractivity contribution is 0.249. The van der Waals surface area contributed by atoms with E-state index in [-0.39, 0.29) is 9.92 Å². The van der Waals surface area contributed by atoms with Gasteiger partial charge in [0.15, 0.2) is 15.7 Å². The molecule has 3 heterocycles. The van der Waals surface area contributed by atoms with Gasteiger partial charge in [-0.3, -0.25) is 0 Å². The van der Waals surface area contributed by atoms with E-state index in [0.717, 1.165) is 43.1 Å². The number of pyridine rings is 1. The third-order valence-electron chi connectivity index (χ3n) is 6.65. The number of rotatable bonds is 8. The molecule has 0 aliphatic carbocycles. The van der Waals surface area contributed by atoms with Gasteiger partial charge in [0.1, 0.15) is 10.8 Å². The first-order valence-corrected chi connectivity index (χ1v) is 14.3. The average Bonchev–Trinajstić information content (AvgIpc) is 2.87. The van der Waals surface area contributed by atoms with Gasteiger partial charge in [0, 0.05) is 19.1 Å². The van der Waals surface area contributed by atoms with Crippen molar-refractivity contribution in [3.05, 3.63) is 53.3 Å². The molecule has 1 aromatic carbocycles. The van der Waals surface area contributed by atoms with Gasteiger partial charge in [-0.15, -0.1) is 0 Å². The number of sulfone groups is 1. The van der Waals surface area contributed by atoms with Gasteiger partial charge in [0.25, 0.3) is 0 Å². The van der Waals surface area contributed by atoms with Crippen molar-refractivity contribution < 1.29 is 8.42 Å². The van der Waals surface area contributed by atoms with Crippen LogP contribution in [0.1, 0.15) is 32.4 Å². The molecule has 2 aromatic heterocycles. The zero-order valence-electron chi connectivity index (χ0n) is 21.9. The summed E-state index contributed by atoms with van der Waals surface area (Å²) >= 11 is 6.36. The van der Waals surface area contributed by atoms with Gasteiger partial charge in [-0.05, 0) is 72.0 Å². The van der Waals surface area contributed by atoms with Crippen LogP contribution >= 0.6 is 11.6 Å². The van der Waals surface area contributed by atoms with E-state index in [0.29, 0.717) is 23.5 Å². The number of benzene rings is 1. The zero-order chi connectivity index (χ0) is 26.7. The van der Waals surface area contributed by atoms with E-state index in [1.165, 1.54) is 6.20 Å². The standard InChI is InChI=1S/C26H34ClN7O2S/c1-17(2)37(35,36)23-9-7-6-8-22(23)30-25-20(27)16-28-26(32-25)31-21-10-11-24(29-18(21)3)34-14-12-19(13-15-34)33(4)5/h6-11,16-17,19H,12-15H2,1-5H3,(H2,28,30,31,32). The molecule has 198 valence electrons. The second kappa shape index (κ2) is 11.2. The van der Waals surface area contributed by atoms with E-state index in [9.17, 15) is 8.42 Å². The normalized spacial score (nSPS) is 14.9. The molecule has 0 atom stereocenters. The molecule has 0 spiro atoms. The van der Waals surface area contributed by atoms with E-state index >= 15 is 0 Å². The van der Waals surface area contributed by atoms with Crippen LogP contribution in [0, 0.1) is 6.92 Å². The topological polar surface area (TPSA) is 103 Å². The molecule has 4 rings (SSSR count). The number of aryl methyl sites for hydroxylation is 1. The van der Waals surface area contributed by atoms with Crippen LogP contribution in [0.25, 0.3) is 0 Å². The number of nitrogens with zero attached hydrogens (tertiary/aromatic N) is 5. The van der Waals surface area contributed by atoms with Crippen LogP contribution in [0.3, 0.4) is 0 Å². The van der Waals surface area contributed by atoms with Crippen molar-refractivity contribution >= 4 is 50.4 Å². The lowest BCUT2D eigenvalue weighted by atomic mass is 10.0. The number of para-hydroxylation sites is 1. The summed E-state index contributed by atoms with van der Waals surface area (Å²) in [6, 6.07) is 11.3. The molecule has 0 saturated carbocycles. The molecule has 1 fully saturated rings. The van der Waals surface area contributed by atoms with E-state index in [4.69, 9.17) is 16.6 Å². The summed E-state index contributed by atoms with van der Waals surface area (Å²) in [5, 5.41) is 6.00. The van der Waals surface area contributed by atoms with Crippen LogP contribution in [-0.2, 0) is 9.84 Å². The number of aromatic nitrogens is 3. The fraction of sp³-hybridized carbons (Fsp3) is 0.423. The summed E-state index contributed by atoms with van der Waals surface area (Å²) in [6.45, 7) is 7.20. The lowest BCUT2D eigenvalue weighted by Crippen LogP contribution is -2.42. The second-order valence-corrected chi connectivity index (χ2v) is 12.6. The Morgan fingerprint density at radius 3 is 2.38 bits per heavy atom. The number of piperidine rings is 1. The van der Waals surface area contributed by atoms with Gasteiger partial charge in [-0.2, -0.15) is 4.98 Å². The van der Waals surface area contributed by atoms with Gasteiger partial charge in [-0.25, -0.2) is 18.4 Å². The van der Waals surface area contributed by atoms with Crippen molar-refractivity contribution in [3.8, 4) is 0 Å². The van der Waals surface area contributed by atoms with Crippen LogP contribution in [0.4, 0.5) is 29.0 Å². The van der Waals surface area contributed by atoms with Crippen molar-refractivity contribution in [2.45, 2.75) is 49.8 Å². The molecule has 0 radical (unpaired) electrons. The van der Waals surface area contributed by atoms with Crippen molar-refractivity contribution in [1.29, 1.82) is 0 Å². The second-order valence-electron chi connectivity index (χ2n) is 9.71. The third-order valence-corrected chi connectivity index (χ3v) is 9.13. The zero-order valence-corrected chi connectivity index (χ0v) is 23.4. The summed E-state index contributed by atoms with van der Waals surface area (Å²) in [5.74, 6) is 1.58. The van der Waals surface area contributed by atoms with E-state index < -0.39 is 15.1 Å². The predicted molar refractivity (Wildman–Crippen MR) is 150 cm³/mol. The summed E-state index contributed by atoms with van der Waals surface area (Å²) in [5.41, 5.74) is 2.01. The van der Waals surface area contributed by atoms with Gasteiger partial charge in [0.05, 0.1) is 33.4 Å². The first-order chi connectivity index (χ1) is 17.6. The molecular weight excluding hydrogens is 510 g/mol. The number of hydrogen-bond acceptors (Lipinski definition) is 9. The van der Waals surface area contributed by atoms with Gasteiger partial charge in [-0.1, -0.05) is 23.7 Å². The Morgan fingerprint density at radius 2 is 1.73 bits per heavy atom. The molecule has 37 heavy (non-hydrogen) atoms. The van der Waals surface area contributed by atoms with Gasteiger partial charge < -0.3 is 20.4 Å². The van der Waals surface area contributed by atoms with E-state index in [2.05, 4.69) is 44.5 Å². The van der Waals surface area contributed by atoms with Crippen LogP contribution in [-0.4, -0.2) is 66.7 Å². The maximum absolute atomic E-state index is 12.8. The van der Waals surface area contributed by atoms with Crippen molar-refractivity contribution in [2.24, 2.45) is 0 Å². The third kappa shape index (κ3) is 6.14. The Labute approximate surface area is 224 Å². The maximum atomic E-state index is 12.8. The lowest BCUT2D eigenvalue weighted by Gasteiger charge is -2.36. The predicted octanol–water partition coefficient (Wildman–Crippen LogP) is 5.03. The first-order valence-electron chi connectivity index (χ1n) is 12.3. The highest BCUT2D eigenvalue weighted by molar-refractivity contribution is 7.92. The minimum absolute atomic E-state index is 0.194. The molecule has 1 aliphatic rings. The molecular formula is C26H34ClN7O2S. The van der Waals surface area contributed by atoms with E-state index in [1.807, 2.05) is 19.1 Å². The highest BCUT2D eigenvalue weighted by Gasteiger charge is 2.24. The van der Waals surface area contributed by atoms with E-state index in [1.54, 1.807) is 38.1 Å². The molecule has 1 aliphatic heterocycles. The molecule has 0 unspecified atom stereocenters. The Balaban J connectivity index is 1.52. The fourth-order valence-electron chi connectivity index (χ4n) is 4.30. The fourth-order valence-corrected chi connectivity index (χ4v) is 5.64. The van der Waals surface area contributed by atoms with Crippen LogP contribution in [0.15, 0.2) is 47.5 Å². The van der Waals surface area contributed by atoms with Gasteiger partial charge >= 0.3 is 0 Å². The Morgan fingerprint density at radius 1 is 1.03 bits per heavy atom. The Kier molecular flexibility index (Phi) is 8.20. The summed E-state index contributed by atoms with van der Waals surface area (Å²) in [6.07, 6.45) is 3.71. The minimum atomic E-state index is -3.50.